The van der Waals surface area contributed by atoms with Gasteiger partial charge in [-0.2, -0.15) is 5.10 Å². The Morgan fingerprint density at radius 3 is 2.92 bits per heavy atom. The fraction of sp³-hybridized carbons (Fsp3) is 0.111. The van der Waals surface area contributed by atoms with Gasteiger partial charge in [0.05, 0.1) is 28.6 Å². The SMILES string of the molecule is Cc1nc2ccc(C(=O)Nc3cn[nH]c3-c3ccccn3)cc2n1C. The highest BCUT2D eigenvalue weighted by atomic mass is 16.1. The topological polar surface area (TPSA) is 88.5 Å². The molecule has 0 bridgehead atoms. The molecule has 3 aromatic heterocycles. The number of carbonyl (C=O) groups excluding carboxylic acids is 1. The first-order valence-corrected chi connectivity index (χ1v) is 7.82. The summed E-state index contributed by atoms with van der Waals surface area (Å²) in [6.45, 7) is 1.93. The third kappa shape index (κ3) is 2.65. The van der Waals surface area contributed by atoms with Gasteiger partial charge in [-0.15, -0.1) is 0 Å². The number of amides is 1. The Kier molecular flexibility index (Phi) is 3.53. The first-order chi connectivity index (χ1) is 12.1. The minimum Gasteiger partial charge on any atom is -0.331 e. The van der Waals surface area contributed by atoms with Gasteiger partial charge in [-0.05, 0) is 37.3 Å². The number of pyridine rings is 1. The van der Waals surface area contributed by atoms with Crippen molar-refractivity contribution in [1.29, 1.82) is 0 Å². The highest BCUT2D eigenvalue weighted by Gasteiger charge is 2.14. The second kappa shape index (κ2) is 5.86. The van der Waals surface area contributed by atoms with Crippen molar-refractivity contribution in [3.63, 3.8) is 0 Å². The highest BCUT2D eigenvalue weighted by molar-refractivity contribution is 6.07. The van der Waals surface area contributed by atoms with Crippen LogP contribution in [0.25, 0.3) is 22.4 Å². The van der Waals surface area contributed by atoms with Gasteiger partial charge in [0.15, 0.2) is 0 Å². The number of benzene rings is 1. The molecule has 0 saturated heterocycles. The van der Waals surface area contributed by atoms with Crippen LogP contribution < -0.4 is 5.32 Å². The molecule has 0 atom stereocenters. The number of anilines is 1. The molecule has 1 amide bonds. The second-order valence-electron chi connectivity index (χ2n) is 5.75. The summed E-state index contributed by atoms with van der Waals surface area (Å²) >= 11 is 0. The van der Waals surface area contributed by atoms with Crippen molar-refractivity contribution in [3.05, 3.63) is 60.2 Å². The molecule has 25 heavy (non-hydrogen) atoms. The molecule has 2 N–H and O–H groups in total. The van der Waals surface area contributed by atoms with Crippen LogP contribution in [0.3, 0.4) is 0 Å². The number of aromatic nitrogens is 5. The first-order valence-electron chi connectivity index (χ1n) is 7.82. The molecule has 0 saturated carbocycles. The Hall–Kier alpha value is -3.48. The zero-order chi connectivity index (χ0) is 17.4. The number of fused-ring (bicyclic) bond motifs is 1. The van der Waals surface area contributed by atoms with Gasteiger partial charge in [0.2, 0.25) is 0 Å². The van der Waals surface area contributed by atoms with Crippen molar-refractivity contribution < 1.29 is 4.79 Å². The highest BCUT2D eigenvalue weighted by Crippen LogP contribution is 2.24. The molecule has 1 aromatic carbocycles. The predicted molar refractivity (Wildman–Crippen MR) is 95.2 cm³/mol. The monoisotopic (exact) mass is 332 g/mol. The Bertz CT molecular complexity index is 1060. The quantitative estimate of drug-likeness (QED) is 0.604. The van der Waals surface area contributed by atoms with Crippen molar-refractivity contribution in [2.75, 3.05) is 5.32 Å². The summed E-state index contributed by atoms with van der Waals surface area (Å²) in [7, 11) is 1.93. The maximum atomic E-state index is 12.7. The van der Waals surface area contributed by atoms with Gasteiger partial charge in [-0.25, -0.2) is 4.98 Å². The molecular weight excluding hydrogens is 316 g/mol. The van der Waals surface area contributed by atoms with Crippen LogP contribution in [0.15, 0.2) is 48.8 Å². The fourth-order valence-electron chi connectivity index (χ4n) is 2.73. The molecule has 0 aliphatic heterocycles. The number of hydrogen-bond acceptors (Lipinski definition) is 4. The zero-order valence-corrected chi connectivity index (χ0v) is 13.8. The van der Waals surface area contributed by atoms with Crippen LogP contribution >= 0.6 is 0 Å². The van der Waals surface area contributed by atoms with Gasteiger partial charge >= 0.3 is 0 Å². The van der Waals surface area contributed by atoms with Crippen LogP contribution in [0, 0.1) is 6.92 Å². The van der Waals surface area contributed by atoms with E-state index in [1.807, 2.05) is 48.9 Å². The smallest absolute Gasteiger partial charge is 0.255 e. The molecule has 0 radical (unpaired) electrons. The van der Waals surface area contributed by atoms with Crippen LogP contribution in [-0.4, -0.2) is 30.6 Å². The predicted octanol–water partition coefficient (Wildman–Crippen LogP) is 2.92. The standard InChI is InChI=1S/C18H16N6O/c1-11-21-13-7-6-12(9-16(13)24(11)2)18(25)22-15-10-20-23-17(15)14-5-3-4-8-19-14/h3-10H,1-2H3,(H,20,23)(H,22,25). The molecule has 0 aliphatic carbocycles. The molecule has 4 rings (SSSR count). The first kappa shape index (κ1) is 15.1. The second-order valence-corrected chi connectivity index (χ2v) is 5.75. The Morgan fingerprint density at radius 1 is 1.24 bits per heavy atom. The van der Waals surface area contributed by atoms with E-state index in [9.17, 15) is 4.79 Å². The van der Waals surface area contributed by atoms with Crippen molar-refractivity contribution in [2.45, 2.75) is 6.92 Å². The number of hydrogen-bond donors (Lipinski definition) is 2. The molecule has 4 aromatic rings. The molecule has 7 heteroatoms. The average Bonchev–Trinajstić information content (AvgIpc) is 3.20. The normalized spacial score (nSPS) is 11.0. The van der Waals surface area contributed by atoms with Crippen LogP contribution in [0.5, 0.6) is 0 Å². The largest absolute Gasteiger partial charge is 0.331 e. The summed E-state index contributed by atoms with van der Waals surface area (Å²) in [4.78, 5) is 21.4. The average molecular weight is 332 g/mol. The lowest BCUT2D eigenvalue weighted by Gasteiger charge is -2.06. The number of aromatic amines is 1. The van der Waals surface area contributed by atoms with Crippen molar-refractivity contribution >= 4 is 22.6 Å². The summed E-state index contributed by atoms with van der Waals surface area (Å²) in [5.74, 6) is 0.694. The van der Waals surface area contributed by atoms with E-state index < -0.39 is 0 Å². The fourth-order valence-corrected chi connectivity index (χ4v) is 2.73. The zero-order valence-electron chi connectivity index (χ0n) is 13.8. The molecule has 3 heterocycles. The summed E-state index contributed by atoms with van der Waals surface area (Å²) < 4.78 is 1.96. The number of nitrogens with one attached hydrogen (secondary N) is 2. The summed E-state index contributed by atoms with van der Waals surface area (Å²) in [6, 6.07) is 11.0. The lowest BCUT2D eigenvalue weighted by atomic mass is 10.1. The number of aryl methyl sites for hydroxylation is 2. The third-order valence-corrected chi connectivity index (χ3v) is 4.18. The summed E-state index contributed by atoms with van der Waals surface area (Å²) in [5, 5.41) is 9.79. The Morgan fingerprint density at radius 2 is 2.12 bits per heavy atom. The number of carbonyl (C=O) groups is 1. The number of nitrogens with zero attached hydrogens (tertiary/aromatic N) is 4. The van der Waals surface area contributed by atoms with Crippen molar-refractivity contribution in [1.82, 2.24) is 24.7 Å². The van der Waals surface area contributed by atoms with Crippen molar-refractivity contribution in [3.8, 4) is 11.4 Å². The molecule has 0 unspecified atom stereocenters. The van der Waals surface area contributed by atoms with E-state index in [1.54, 1.807) is 18.5 Å². The van der Waals surface area contributed by atoms with Gasteiger partial charge in [-0.1, -0.05) is 6.07 Å². The van der Waals surface area contributed by atoms with Gasteiger partial charge in [0, 0.05) is 18.8 Å². The Labute approximate surface area is 143 Å². The number of imidazole rings is 1. The van der Waals surface area contributed by atoms with Crippen LogP contribution in [-0.2, 0) is 7.05 Å². The van der Waals surface area contributed by atoms with E-state index >= 15 is 0 Å². The minimum atomic E-state index is -0.209. The molecular formula is C18H16N6O. The van der Waals surface area contributed by atoms with Crippen LogP contribution in [0.4, 0.5) is 5.69 Å². The van der Waals surface area contributed by atoms with Crippen molar-refractivity contribution in [2.24, 2.45) is 7.05 Å². The van der Waals surface area contributed by atoms with E-state index in [2.05, 4.69) is 25.5 Å². The van der Waals surface area contributed by atoms with Gasteiger partial charge < -0.3 is 9.88 Å². The summed E-state index contributed by atoms with van der Waals surface area (Å²) in [6.07, 6.45) is 3.27. The molecule has 7 nitrogen and oxygen atoms in total. The van der Waals surface area contributed by atoms with E-state index in [0.29, 0.717) is 22.6 Å². The van der Waals surface area contributed by atoms with Gasteiger partial charge in [0.25, 0.3) is 5.91 Å². The van der Waals surface area contributed by atoms with Crippen LogP contribution in [0.2, 0.25) is 0 Å². The van der Waals surface area contributed by atoms with E-state index in [-0.39, 0.29) is 5.91 Å². The lowest BCUT2D eigenvalue weighted by molar-refractivity contribution is 0.102. The van der Waals surface area contributed by atoms with E-state index in [1.165, 1.54) is 0 Å². The Balaban J connectivity index is 1.65. The number of H-pyrrole nitrogens is 1. The van der Waals surface area contributed by atoms with Gasteiger partial charge in [0.1, 0.15) is 11.5 Å². The maximum absolute atomic E-state index is 12.7. The molecule has 0 aliphatic rings. The number of rotatable bonds is 3. The maximum Gasteiger partial charge on any atom is 0.255 e. The van der Waals surface area contributed by atoms with Crippen LogP contribution in [0.1, 0.15) is 16.2 Å². The lowest BCUT2D eigenvalue weighted by Crippen LogP contribution is -2.12. The molecule has 124 valence electrons. The molecule has 0 spiro atoms. The summed E-state index contributed by atoms with van der Waals surface area (Å²) in [5.41, 5.74) is 4.32. The van der Waals surface area contributed by atoms with Gasteiger partial charge in [-0.3, -0.25) is 14.9 Å². The van der Waals surface area contributed by atoms with E-state index in [0.717, 1.165) is 16.9 Å². The molecule has 0 fully saturated rings. The third-order valence-electron chi connectivity index (χ3n) is 4.18. The van der Waals surface area contributed by atoms with E-state index in [4.69, 9.17) is 0 Å². The minimum absolute atomic E-state index is 0.209.